The number of likely N-dealkylation sites (tertiary alicyclic amines) is 1. The number of nitrogens with zero attached hydrogens (tertiary/aromatic N) is 1. The summed E-state index contributed by atoms with van der Waals surface area (Å²) in [6.07, 6.45) is -0.777. The van der Waals surface area contributed by atoms with Gasteiger partial charge in [0.15, 0.2) is 0 Å². The van der Waals surface area contributed by atoms with E-state index in [0.717, 1.165) is 25.7 Å². The molecule has 1 heterocycles. The smallest absolute Gasteiger partial charge is 0.351 e. The van der Waals surface area contributed by atoms with Crippen molar-refractivity contribution in [2.75, 3.05) is 13.1 Å². The van der Waals surface area contributed by atoms with Crippen LogP contribution in [0.25, 0.3) is 0 Å². The van der Waals surface area contributed by atoms with Crippen molar-refractivity contribution in [3.8, 4) is 0 Å². The fourth-order valence-electron chi connectivity index (χ4n) is 4.85. The van der Waals surface area contributed by atoms with Crippen LogP contribution in [0.3, 0.4) is 0 Å². The third-order valence-corrected chi connectivity index (χ3v) is 5.81. The molecule has 0 bridgehead atoms. The summed E-state index contributed by atoms with van der Waals surface area (Å²) in [6, 6.07) is 7.66. The Morgan fingerprint density at radius 2 is 1.88 bits per heavy atom. The lowest BCUT2D eigenvalue weighted by Crippen LogP contribution is -2.51. The van der Waals surface area contributed by atoms with Gasteiger partial charge in [-0.1, -0.05) is 36.8 Å². The van der Waals surface area contributed by atoms with Crippen LogP contribution in [0, 0.1) is 11.3 Å². The minimum atomic E-state index is -4.29. The highest BCUT2D eigenvalue weighted by molar-refractivity contribution is 5.72. The first-order valence-corrected chi connectivity index (χ1v) is 8.49. The van der Waals surface area contributed by atoms with E-state index in [2.05, 4.69) is 0 Å². The minimum Gasteiger partial charge on any atom is -0.351 e. The molecule has 132 valence electrons. The van der Waals surface area contributed by atoms with E-state index in [0.29, 0.717) is 25.1 Å². The van der Waals surface area contributed by atoms with E-state index in [1.165, 1.54) is 4.90 Å². The van der Waals surface area contributed by atoms with Crippen LogP contribution < -0.4 is 5.73 Å². The largest absolute Gasteiger partial charge is 0.396 e. The normalized spacial score (nSPS) is 29.0. The highest BCUT2D eigenvalue weighted by atomic mass is 19.4. The summed E-state index contributed by atoms with van der Waals surface area (Å²) in [5, 5.41) is 0. The molecule has 1 aromatic carbocycles. The van der Waals surface area contributed by atoms with Crippen LogP contribution in [-0.4, -0.2) is 30.2 Å². The SMILES string of the molecule is NC(=O)N1CCCC2(CCCC2[C@H](c2ccccc2)C(F)(F)F)C1. The summed E-state index contributed by atoms with van der Waals surface area (Å²) >= 11 is 0. The first-order chi connectivity index (χ1) is 11.3. The molecule has 1 saturated carbocycles. The van der Waals surface area contributed by atoms with E-state index < -0.39 is 29.5 Å². The number of hydrogen-bond donors (Lipinski definition) is 1. The molecular weight excluding hydrogens is 317 g/mol. The van der Waals surface area contributed by atoms with Gasteiger partial charge >= 0.3 is 12.2 Å². The summed E-state index contributed by atoms with van der Waals surface area (Å²) in [7, 11) is 0. The van der Waals surface area contributed by atoms with Crippen molar-refractivity contribution in [2.45, 2.75) is 44.2 Å². The van der Waals surface area contributed by atoms with Crippen molar-refractivity contribution in [2.24, 2.45) is 17.1 Å². The van der Waals surface area contributed by atoms with Crippen LogP contribution in [0.5, 0.6) is 0 Å². The number of rotatable bonds is 2. The van der Waals surface area contributed by atoms with E-state index in [-0.39, 0.29) is 0 Å². The van der Waals surface area contributed by atoms with Crippen molar-refractivity contribution in [1.29, 1.82) is 0 Å². The second-order valence-electron chi connectivity index (χ2n) is 7.15. The van der Waals surface area contributed by atoms with Crippen molar-refractivity contribution < 1.29 is 18.0 Å². The highest BCUT2D eigenvalue weighted by Crippen LogP contribution is 2.58. The van der Waals surface area contributed by atoms with Crippen molar-refractivity contribution in [3.63, 3.8) is 0 Å². The second kappa shape index (κ2) is 6.30. The van der Waals surface area contributed by atoms with Crippen LogP contribution in [0.1, 0.15) is 43.6 Å². The van der Waals surface area contributed by atoms with E-state index in [9.17, 15) is 18.0 Å². The maximum absolute atomic E-state index is 13.9. The Morgan fingerprint density at radius 3 is 2.50 bits per heavy atom. The third-order valence-electron chi connectivity index (χ3n) is 5.81. The lowest BCUT2D eigenvalue weighted by Gasteiger charge is -2.46. The predicted octanol–water partition coefficient (Wildman–Crippen LogP) is 4.29. The van der Waals surface area contributed by atoms with Crippen LogP contribution >= 0.6 is 0 Å². The van der Waals surface area contributed by atoms with E-state index in [1.807, 2.05) is 0 Å². The van der Waals surface area contributed by atoms with Gasteiger partial charge in [0.1, 0.15) is 0 Å². The monoisotopic (exact) mass is 340 g/mol. The second-order valence-corrected chi connectivity index (χ2v) is 7.15. The molecular formula is C18H23F3N2O. The van der Waals surface area contributed by atoms with Crippen molar-refractivity contribution in [1.82, 2.24) is 4.90 Å². The van der Waals surface area contributed by atoms with E-state index in [1.54, 1.807) is 30.3 Å². The number of piperidine rings is 1. The molecule has 1 aromatic rings. The van der Waals surface area contributed by atoms with E-state index in [4.69, 9.17) is 5.73 Å². The molecule has 24 heavy (non-hydrogen) atoms. The molecule has 2 aliphatic rings. The number of carbonyl (C=O) groups excluding carboxylic acids is 1. The first kappa shape index (κ1) is 17.1. The Hall–Kier alpha value is -1.72. The van der Waals surface area contributed by atoms with Gasteiger partial charge in [-0.2, -0.15) is 13.2 Å². The molecule has 2 amide bonds. The summed E-state index contributed by atoms with van der Waals surface area (Å²) in [5.41, 5.74) is 5.26. The Labute approximate surface area is 140 Å². The Morgan fingerprint density at radius 1 is 1.21 bits per heavy atom. The number of urea groups is 1. The molecule has 0 aromatic heterocycles. The zero-order valence-corrected chi connectivity index (χ0v) is 13.6. The van der Waals surface area contributed by atoms with Crippen LogP contribution in [0.15, 0.2) is 30.3 Å². The van der Waals surface area contributed by atoms with Crippen molar-refractivity contribution in [3.05, 3.63) is 35.9 Å². The molecule has 0 radical (unpaired) electrons. The number of nitrogens with two attached hydrogens (primary N) is 1. The predicted molar refractivity (Wildman–Crippen MR) is 85.4 cm³/mol. The van der Waals surface area contributed by atoms with Crippen molar-refractivity contribution >= 4 is 6.03 Å². The molecule has 1 saturated heterocycles. The number of carbonyl (C=O) groups is 1. The number of halogens is 3. The Kier molecular flexibility index (Phi) is 4.49. The summed E-state index contributed by atoms with van der Waals surface area (Å²) in [5.74, 6) is -1.98. The molecule has 3 atom stereocenters. The Balaban J connectivity index is 1.96. The van der Waals surface area contributed by atoms with E-state index >= 15 is 0 Å². The molecule has 1 aliphatic heterocycles. The number of hydrogen-bond acceptors (Lipinski definition) is 1. The minimum absolute atomic E-state index is 0.326. The van der Waals surface area contributed by atoms with Gasteiger partial charge < -0.3 is 10.6 Å². The van der Waals surface area contributed by atoms with Gasteiger partial charge in [-0.05, 0) is 42.6 Å². The van der Waals surface area contributed by atoms with Crippen LogP contribution in [-0.2, 0) is 0 Å². The number of alkyl halides is 3. The van der Waals surface area contributed by atoms with Crippen LogP contribution in [0.2, 0.25) is 0 Å². The average molecular weight is 340 g/mol. The number of primary amides is 1. The summed E-state index contributed by atoms with van der Waals surface area (Å²) in [4.78, 5) is 13.1. The zero-order valence-electron chi connectivity index (χ0n) is 13.6. The fraction of sp³-hybridized carbons (Fsp3) is 0.611. The quantitative estimate of drug-likeness (QED) is 0.857. The third kappa shape index (κ3) is 3.10. The molecule has 3 rings (SSSR count). The molecule has 1 spiro atoms. The maximum atomic E-state index is 13.9. The average Bonchev–Trinajstić information content (AvgIpc) is 2.90. The molecule has 6 heteroatoms. The number of benzene rings is 1. The van der Waals surface area contributed by atoms with Gasteiger partial charge in [-0.25, -0.2) is 4.79 Å². The molecule has 2 N–H and O–H groups in total. The summed E-state index contributed by atoms with van der Waals surface area (Å²) in [6.45, 7) is 0.901. The molecule has 2 unspecified atom stereocenters. The highest BCUT2D eigenvalue weighted by Gasteiger charge is 2.56. The van der Waals surface area contributed by atoms with Crippen LogP contribution in [0.4, 0.5) is 18.0 Å². The topological polar surface area (TPSA) is 46.3 Å². The summed E-state index contributed by atoms with van der Waals surface area (Å²) < 4.78 is 41.8. The molecule has 1 aliphatic carbocycles. The van der Waals surface area contributed by atoms with Gasteiger partial charge in [-0.3, -0.25) is 0 Å². The van der Waals surface area contributed by atoms with Gasteiger partial charge in [0.05, 0.1) is 5.92 Å². The first-order valence-electron chi connectivity index (χ1n) is 8.49. The fourth-order valence-corrected chi connectivity index (χ4v) is 4.85. The standard InChI is InChI=1S/C18H23F3N2O/c19-18(20,21)15(13-6-2-1-3-7-13)14-8-4-9-17(14)10-5-11-23(12-17)16(22)24/h1-3,6-7,14-15H,4-5,8-12H2,(H2,22,24)/t14?,15-,17?/m0/s1. The van der Waals surface area contributed by atoms with Gasteiger partial charge in [-0.15, -0.1) is 0 Å². The lowest BCUT2D eigenvalue weighted by molar-refractivity contribution is -0.173. The van der Waals surface area contributed by atoms with Gasteiger partial charge in [0.2, 0.25) is 0 Å². The molecule has 2 fully saturated rings. The van der Waals surface area contributed by atoms with Gasteiger partial charge in [0.25, 0.3) is 0 Å². The molecule has 3 nitrogen and oxygen atoms in total. The number of amides is 2. The lowest BCUT2D eigenvalue weighted by atomic mass is 9.65. The maximum Gasteiger partial charge on any atom is 0.396 e. The zero-order chi connectivity index (χ0) is 17.4. The Bertz CT molecular complexity index is 590. The van der Waals surface area contributed by atoms with Gasteiger partial charge in [0, 0.05) is 13.1 Å².